The van der Waals surface area contributed by atoms with Gasteiger partial charge in [-0.05, 0) is 39.2 Å². The van der Waals surface area contributed by atoms with Gasteiger partial charge in [-0.1, -0.05) is 13.8 Å². The molecule has 0 saturated heterocycles. The van der Waals surface area contributed by atoms with Gasteiger partial charge in [-0.3, -0.25) is 0 Å². The van der Waals surface area contributed by atoms with Gasteiger partial charge < -0.3 is 15.2 Å². The number of nitrogens with one attached hydrogen (secondary N) is 1. The Hall–Kier alpha value is -0.120. The Bertz CT molecular complexity index is 158. The Labute approximate surface area is 94.2 Å². The highest BCUT2D eigenvalue weighted by Crippen LogP contribution is 2.11. The van der Waals surface area contributed by atoms with E-state index in [1.165, 1.54) is 0 Å². The summed E-state index contributed by atoms with van der Waals surface area (Å²) in [5.74, 6) is 0.553. The van der Waals surface area contributed by atoms with Crippen LogP contribution in [0.2, 0.25) is 0 Å². The summed E-state index contributed by atoms with van der Waals surface area (Å²) in [6.45, 7) is 9.95. The Morgan fingerprint density at radius 1 is 1.33 bits per heavy atom. The van der Waals surface area contributed by atoms with Crippen LogP contribution in [0.15, 0.2) is 0 Å². The second-order valence-electron chi connectivity index (χ2n) is 5.20. The van der Waals surface area contributed by atoms with Crippen LogP contribution in [0.1, 0.15) is 40.5 Å². The maximum Gasteiger partial charge on any atom is 0.0667 e. The van der Waals surface area contributed by atoms with Gasteiger partial charge in [0.25, 0.3) is 0 Å². The molecule has 0 bridgehead atoms. The van der Waals surface area contributed by atoms with Gasteiger partial charge in [0.1, 0.15) is 0 Å². The highest BCUT2D eigenvalue weighted by molar-refractivity contribution is 4.70. The highest BCUT2D eigenvalue weighted by atomic mass is 16.5. The first-order valence-electron chi connectivity index (χ1n) is 5.81. The number of aliphatic hydroxyl groups is 1. The Balaban J connectivity index is 3.46. The fourth-order valence-electron chi connectivity index (χ4n) is 1.39. The largest absolute Gasteiger partial charge is 0.392 e. The molecule has 1 atom stereocenters. The van der Waals surface area contributed by atoms with Crippen molar-refractivity contribution in [3.8, 4) is 0 Å². The molecular formula is C12H27NO2. The number of aliphatic hydroxyl groups excluding tert-OH is 1. The van der Waals surface area contributed by atoms with E-state index >= 15 is 0 Å². The van der Waals surface area contributed by atoms with Crippen molar-refractivity contribution in [2.45, 2.75) is 52.2 Å². The average molecular weight is 217 g/mol. The molecule has 0 aliphatic rings. The zero-order valence-corrected chi connectivity index (χ0v) is 10.8. The first kappa shape index (κ1) is 14.9. The van der Waals surface area contributed by atoms with E-state index in [9.17, 15) is 5.11 Å². The monoisotopic (exact) mass is 217 g/mol. The van der Waals surface area contributed by atoms with Crippen molar-refractivity contribution in [1.82, 2.24) is 5.32 Å². The van der Waals surface area contributed by atoms with Gasteiger partial charge in [0.2, 0.25) is 0 Å². The SMILES string of the molecule is COC(C)(C)CCNCC(O)CC(C)C. The van der Waals surface area contributed by atoms with Crippen LogP contribution < -0.4 is 5.32 Å². The molecule has 0 rings (SSSR count). The molecule has 0 aliphatic carbocycles. The topological polar surface area (TPSA) is 41.5 Å². The van der Waals surface area contributed by atoms with Crippen molar-refractivity contribution in [1.29, 1.82) is 0 Å². The molecule has 0 aliphatic heterocycles. The molecule has 0 amide bonds. The third kappa shape index (κ3) is 8.85. The normalized spacial score (nSPS) is 14.6. The number of methoxy groups -OCH3 is 1. The van der Waals surface area contributed by atoms with Crippen LogP contribution in [0.25, 0.3) is 0 Å². The molecule has 0 radical (unpaired) electrons. The first-order valence-corrected chi connectivity index (χ1v) is 5.81. The van der Waals surface area contributed by atoms with Gasteiger partial charge in [0.05, 0.1) is 11.7 Å². The van der Waals surface area contributed by atoms with Crippen LogP contribution in [0.3, 0.4) is 0 Å². The van der Waals surface area contributed by atoms with Crippen molar-refractivity contribution in [3.63, 3.8) is 0 Å². The summed E-state index contributed by atoms with van der Waals surface area (Å²) in [6, 6.07) is 0. The molecule has 3 nitrogen and oxygen atoms in total. The Kier molecular flexibility index (Phi) is 7.14. The van der Waals surface area contributed by atoms with E-state index in [-0.39, 0.29) is 11.7 Å². The zero-order chi connectivity index (χ0) is 11.9. The van der Waals surface area contributed by atoms with E-state index < -0.39 is 0 Å². The minimum Gasteiger partial charge on any atom is -0.392 e. The summed E-state index contributed by atoms with van der Waals surface area (Å²) >= 11 is 0. The third-order valence-electron chi connectivity index (χ3n) is 2.58. The summed E-state index contributed by atoms with van der Waals surface area (Å²) in [5, 5.41) is 12.9. The van der Waals surface area contributed by atoms with Crippen LogP contribution >= 0.6 is 0 Å². The van der Waals surface area contributed by atoms with Crippen LogP contribution in [-0.2, 0) is 4.74 Å². The van der Waals surface area contributed by atoms with Gasteiger partial charge in [-0.25, -0.2) is 0 Å². The number of hydrogen-bond donors (Lipinski definition) is 2. The molecule has 0 aromatic carbocycles. The average Bonchev–Trinajstić information content (AvgIpc) is 2.11. The standard InChI is InChI=1S/C12H27NO2/c1-10(2)8-11(14)9-13-7-6-12(3,4)15-5/h10-11,13-14H,6-9H2,1-5H3. The molecule has 0 spiro atoms. The molecule has 1 unspecified atom stereocenters. The molecule has 0 fully saturated rings. The predicted octanol–water partition coefficient (Wildman–Crippen LogP) is 1.80. The maximum atomic E-state index is 9.61. The van der Waals surface area contributed by atoms with Gasteiger partial charge in [-0.2, -0.15) is 0 Å². The third-order valence-corrected chi connectivity index (χ3v) is 2.58. The molecule has 0 aromatic rings. The smallest absolute Gasteiger partial charge is 0.0667 e. The molecule has 92 valence electrons. The van der Waals surface area contributed by atoms with Gasteiger partial charge in [0, 0.05) is 13.7 Å². The molecular weight excluding hydrogens is 190 g/mol. The number of rotatable bonds is 8. The van der Waals surface area contributed by atoms with Crippen molar-refractivity contribution >= 4 is 0 Å². The molecule has 0 aromatic heterocycles. The van der Waals surface area contributed by atoms with Crippen LogP contribution in [-0.4, -0.2) is 37.0 Å². The highest BCUT2D eigenvalue weighted by Gasteiger charge is 2.15. The summed E-state index contributed by atoms with van der Waals surface area (Å²) in [7, 11) is 1.73. The summed E-state index contributed by atoms with van der Waals surface area (Å²) < 4.78 is 5.31. The maximum absolute atomic E-state index is 9.61. The van der Waals surface area contributed by atoms with E-state index in [1.54, 1.807) is 7.11 Å². The van der Waals surface area contributed by atoms with Crippen LogP contribution in [0, 0.1) is 5.92 Å². The quantitative estimate of drug-likeness (QED) is 0.609. The molecule has 0 saturated carbocycles. The van der Waals surface area contributed by atoms with Crippen LogP contribution in [0.5, 0.6) is 0 Å². The lowest BCUT2D eigenvalue weighted by Crippen LogP contribution is -2.33. The van der Waals surface area contributed by atoms with E-state index in [4.69, 9.17) is 4.74 Å². The summed E-state index contributed by atoms with van der Waals surface area (Å²) in [5.41, 5.74) is -0.0734. The predicted molar refractivity (Wildman–Crippen MR) is 64.0 cm³/mol. The van der Waals surface area contributed by atoms with Gasteiger partial charge >= 0.3 is 0 Å². The van der Waals surface area contributed by atoms with E-state index in [1.807, 2.05) is 0 Å². The van der Waals surface area contributed by atoms with Crippen LogP contribution in [0.4, 0.5) is 0 Å². The second-order valence-corrected chi connectivity index (χ2v) is 5.20. The summed E-state index contributed by atoms with van der Waals surface area (Å²) in [6.07, 6.45) is 1.59. The molecule has 15 heavy (non-hydrogen) atoms. The first-order chi connectivity index (χ1) is 6.87. The van der Waals surface area contributed by atoms with Crippen molar-refractivity contribution < 1.29 is 9.84 Å². The molecule has 2 N–H and O–H groups in total. The van der Waals surface area contributed by atoms with E-state index in [0.717, 1.165) is 19.4 Å². The minimum absolute atomic E-state index is 0.0734. The van der Waals surface area contributed by atoms with E-state index in [0.29, 0.717) is 12.5 Å². The lowest BCUT2D eigenvalue weighted by atomic mass is 10.0. The van der Waals surface area contributed by atoms with Gasteiger partial charge in [-0.15, -0.1) is 0 Å². The number of ether oxygens (including phenoxy) is 1. The zero-order valence-electron chi connectivity index (χ0n) is 10.8. The molecule has 0 heterocycles. The van der Waals surface area contributed by atoms with Gasteiger partial charge in [0.15, 0.2) is 0 Å². The lowest BCUT2D eigenvalue weighted by molar-refractivity contribution is 0.0151. The summed E-state index contributed by atoms with van der Waals surface area (Å²) in [4.78, 5) is 0. The van der Waals surface area contributed by atoms with Crippen molar-refractivity contribution in [2.75, 3.05) is 20.2 Å². The number of hydrogen-bond acceptors (Lipinski definition) is 3. The van der Waals surface area contributed by atoms with E-state index in [2.05, 4.69) is 33.0 Å². The minimum atomic E-state index is -0.226. The fraction of sp³-hybridized carbons (Fsp3) is 1.00. The van der Waals surface area contributed by atoms with Crippen molar-refractivity contribution in [2.24, 2.45) is 5.92 Å². The second kappa shape index (κ2) is 7.20. The fourth-order valence-corrected chi connectivity index (χ4v) is 1.39. The Morgan fingerprint density at radius 3 is 2.40 bits per heavy atom. The lowest BCUT2D eigenvalue weighted by Gasteiger charge is -2.23. The molecule has 3 heteroatoms. The van der Waals surface area contributed by atoms with Crippen molar-refractivity contribution in [3.05, 3.63) is 0 Å². The Morgan fingerprint density at radius 2 is 1.93 bits per heavy atom.